The molecule has 1 amide bonds. The lowest BCUT2D eigenvalue weighted by molar-refractivity contribution is 0.0729. The van der Waals surface area contributed by atoms with E-state index < -0.39 is 11.9 Å². The summed E-state index contributed by atoms with van der Waals surface area (Å²) in [4.78, 5) is 28.9. The number of H-pyrrole nitrogens is 1. The number of hydrogen-bond donors (Lipinski definition) is 2. The van der Waals surface area contributed by atoms with Gasteiger partial charge in [0.15, 0.2) is 11.5 Å². The van der Waals surface area contributed by atoms with Crippen LogP contribution in [0.3, 0.4) is 0 Å². The molecule has 2 N–H and O–H groups in total. The monoisotopic (exact) mass is 591 g/mol. The molecule has 5 aromatic rings. The third kappa shape index (κ3) is 5.67. The SMILES string of the molecule is COc1cc(C=NNC(=O)c2[nH]c3c(Cl)cccc3c2-c2ccccc2)ccc1OC(=O)c1ccc(Cl)cc1Cl. The number of ether oxygens (including phenoxy) is 2. The minimum absolute atomic E-state index is 0.162. The molecule has 0 aliphatic rings. The van der Waals surface area contributed by atoms with E-state index in [-0.39, 0.29) is 22.1 Å². The first kappa shape index (κ1) is 27.3. The van der Waals surface area contributed by atoms with Crippen molar-refractivity contribution in [2.24, 2.45) is 5.10 Å². The van der Waals surface area contributed by atoms with Crippen LogP contribution in [0.5, 0.6) is 11.5 Å². The van der Waals surface area contributed by atoms with Gasteiger partial charge in [-0.15, -0.1) is 0 Å². The van der Waals surface area contributed by atoms with Crippen LogP contribution in [0.25, 0.3) is 22.0 Å². The van der Waals surface area contributed by atoms with Crippen molar-refractivity contribution in [1.82, 2.24) is 10.4 Å². The first-order valence-corrected chi connectivity index (χ1v) is 13.0. The van der Waals surface area contributed by atoms with Crippen molar-refractivity contribution in [2.75, 3.05) is 7.11 Å². The molecule has 0 bridgehead atoms. The number of carbonyl (C=O) groups is 2. The number of aromatic nitrogens is 1. The fraction of sp³-hybridized carbons (Fsp3) is 0.0333. The number of nitrogens with zero attached hydrogens (tertiary/aromatic N) is 1. The smallest absolute Gasteiger partial charge is 0.345 e. The lowest BCUT2D eigenvalue weighted by Crippen LogP contribution is -2.18. The van der Waals surface area contributed by atoms with Crippen LogP contribution in [0.1, 0.15) is 26.4 Å². The predicted octanol–water partition coefficient (Wildman–Crippen LogP) is 7.79. The summed E-state index contributed by atoms with van der Waals surface area (Å²) in [7, 11) is 1.44. The molecule has 10 heteroatoms. The van der Waals surface area contributed by atoms with Crippen molar-refractivity contribution in [3.05, 3.63) is 117 Å². The van der Waals surface area contributed by atoms with E-state index in [4.69, 9.17) is 44.3 Å². The molecule has 0 atom stereocenters. The second kappa shape index (κ2) is 11.8. The van der Waals surface area contributed by atoms with Gasteiger partial charge in [-0.2, -0.15) is 5.10 Å². The van der Waals surface area contributed by atoms with Gasteiger partial charge in [-0.05, 0) is 53.6 Å². The zero-order chi connectivity index (χ0) is 28.2. The molecule has 1 aromatic heterocycles. The molecule has 0 saturated heterocycles. The van der Waals surface area contributed by atoms with Crippen LogP contribution in [-0.4, -0.2) is 30.2 Å². The number of carbonyl (C=O) groups excluding carboxylic acids is 2. The molecule has 7 nitrogen and oxygen atoms in total. The molecule has 4 aromatic carbocycles. The van der Waals surface area contributed by atoms with Gasteiger partial charge in [0.25, 0.3) is 5.91 Å². The third-order valence-electron chi connectivity index (χ3n) is 5.99. The number of para-hydroxylation sites is 1. The number of aromatic amines is 1. The number of hydrogen-bond acceptors (Lipinski definition) is 5. The Hall–Kier alpha value is -4.30. The van der Waals surface area contributed by atoms with Crippen LogP contribution < -0.4 is 14.9 Å². The summed E-state index contributed by atoms with van der Waals surface area (Å²) in [6.07, 6.45) is 1.44. The van der Waals surface area contributed by atoms with Crippen LogP contribution in [0.4, 0.5) is 0 Å². The molecule has 5 rings (SSSR count). The van der Waals surface area contributed by atoms with E-state index in [0.29, 0.717) is 26.8 Å². The summed E-state index contributed by atoms with van der Waals surface area (Å²) in [5, 5.41) is 6.01. The molecule has 0 aliphatic carbocycles. The summed E-state index contributed by atoms with van der Waals surface area (Å²) >= 11 is 18.4. The second-order valence-corrected chi connectivity index (χ2v) is 9.78. The maximum Gasteiger partial charge on any atom is 0.345 e. The first-order chi connectivity index (χ1) is 19.4. The lowest BCUT2D eigenvalue weighted by atomic mass is 10.0. The quantitative estimate of drug-likeness (QED) is 0.0873. The molecule has 40 heavy (non-hydrogen) atoms. The number of halogens is 3. The Balaban J connectivity index is 1.35. The van der Waals surface area contributed by atoms with Crippen molar-refractivity contribution in [2.45, 2.75) is 0 Å². The Bertz CT molecular complexity index is 1770. The van der Waals surface area contributed by atoms with Gasteiger partial charge < -0.3 is 14.5 Å². The highest BCUT2D eigenvalue weighted by molar-refractivity contribution is 6.37. The summed E-state index contributed by atoms with van der Waals surface area (Å²) in [5.74, 6) is -0.645. The van der Waals surface area contributed by atoms with Gasteiger partial charge in [-0.25, -0.2) is 10.2 Å². The van der Waals surface area contributed by atoms with E-state index >= 15 is 0 Å². The molecule has 0 aliphatic heterocycles. The van der Waals surface area contributed by atoms with Gasteiger partial charge in [-0.1, -0.05) is 77.3 Å². The average Bonchev–Trinajstić information content (AvgIpc) is 3.35. The molecule has 0 spiro atoms. The summed E-state index contributed by atoms with van der Waals surface area (Å²) < 4.78 is 10.9. The zero-order valence-electron chi connectivity index (χ0n) is 20.9. The van der Waals surface area contributed by atoms with Gasteiger partial charge >= 0.3 is 5.97 Å². The van der Waals surface area contributed by atoms with Gasteiger partial charge in [0, 0.05) is 16.0 Å². The van der Waals surface area contributed by atoms with Crippen molar-refractivity contribution >= 4 is 63.8 Å². The fourth-order valence-corrected chi connectivity index (χ4v) is 4.84. The van der Waals surface area contributed by atoms with E-state index in [1.165, 1.54) is 25.5 Å². The summed E-state index contributed by atoms with van der Waals surface area (Å²) in [5.41, 5.74) is 5.88. The molecule has 0 unspecified atom stereocenters. The molecular formula is C30H20Cl3N3O4. The van der Waals surface area contributed by atoms with E-state index in [9.17, 15) is 9.59 Å². The maximum atomic E-state index is 13.2. The van der Waals surface area contributed by atoms with Crippen LogP contribution in [0.2, 0.25) is 15.1 Å². The minimum Gasteiger partial charge on any atom is -0.493 e. The van der Waals surface area contributed by atoms with Crippen molar-refractivity contribution < 1.29 is 19.1 Å². The van der Waals surface area contributed by atoms with Crippen molar-refractivity contribution in [3.8, 4) is 22.6 Å². The molecule has 0 fully saturated rings. The Labute approximate surface area is 244 Å². The van der Waals surface area contributed by atoms with Crippen molar-refractivity contribution in [3.63, 3.8) is 0 Å². The van der Waals surface area contributed by atoms with Gasteiger partial charge in [-0.3, -0.25) is 4.79 Å². The van der Waals surface area contributed by atoms with Crippen LogP contribution >= 0.6 is 34.8 Å². The topological polar surface area (TPSA) is 92.8 Å². The standard InChI is InChI=1S/C30H20Cl3N3O4/c1-39-25-14-17(10-13-24(25)40-30(38)20-12-11-19(31)15-23(20)33)16-34-36-29(37)28-26(18-6-3-2-4-7-18)21-8-5-9-22(32)27(21)35-28/h2-16,35H,1H3,(H,36,37). The number of methoxy groups -OCH3 is 1. The van der Waals surface area contributed by atoms with E-state index in [1.54, 1.807) is 30.3 Å². The van der Waals surface area contributed by atoms with Gasteiger partial charge in [0.1, 0.15) is 5.69 Å². The van der Waals surface area contributed by atoms with Crippen LogP contribution in [-0.2, 0) is 0 Å². The average molecular weight is 593 g/mol. The molecule has 0 saturated carbocycles. The number of benzene rings is 4. The first-order valence-electron chi connectivity index (χ1n) is 11.9. The van der Waals surface area contributed by atoms with E-state index in [2.05, 4.69) is 15.5 Å². The summed E-state index contributed by atoms with van der Waals surface area (Å²) in [6.45, 7) is 0. The largest absolute Gasteiger partial charge is 0.493 e. The minimum atomic E-state index is -0.665. The van der Waals surface area contributed by atoms with Crippen molar-refractivity contribution in [1.29, 1.82) is 0 Å². The molecule has 0 radical (unpaired) electrons. The lowest BCUT2D eigenvalue weighted by Gasteiger charge is -2.10. The Kier molecular flexibility index (Phi) is 8.07. The Morgan fingerprint density at radius 1 is 0.875 bits per heavy atom. The predicted molar refractivity (Wildman–Crippen MR) is 158 cm³/mol. The number of fused-ring (bicyclic) bond motifs is 1. The fourth-order valence-electron chi connectivity index (χ4n) is 4.14. The van der Waals surface area contributed by atoms with Gasteiger partial charge in [0.05, 0.1) is 34.4 Å². The summed E-state index contributed by atoms with van der Waals surface area (Å²) in [6, 6.07) is 24.3. The number of amides is 1. The third-order valence-corrected chi connectivity index (χ3v) is 6.86. The van der Waals surface area contributed by atoms with E-state index in [0.717, 1.165) is 16.5 Å². The number of rotatable bonds is 7. The highest BCUT2D eigenvalue weighted by atomic mass is 35.5. The Morgan fingerprint density at radius 2 is 1.68 bits per heavy atom. The highest BCUT2D eigenvalue weighted by Crippen LogP contribution is 2.35. The number of hydrazone groups is 1. The molecule has 1 heterocycles. The van der Waals surface area contributed by atoms with Gasteiger partial charge in [0.2, 0.25) is 0 Å². The molecule has 200 valence electrons. The second-order valence-electron chi connectivity index (χ2n) is 8.53. The molecular weight excluding hydrogens is 573 g/mol. The number of esters is 1. The Morgan fingerprint density at radius 3 is 2.42 bits per heavy atom. The van der Waals surface area contributed by atoms with Crippen LogP contribution in [0, 0.1) is 0 Å². The normalized spacial score (nSPS) is 11.1. The maximum absolute atomic E-state index is 13.2. The zero-order valence-corrected chi connectivity index (χ0v) is 23.1. The van der Waals surface area contributed by atoms with Crippen LogP contribution in [0.15, 0.2) is 90.0 Å². The highest BCUT2D eigenvalue weighted by Gasteiger charge is 2.20. The number of nitrogens with one attached hydrogen (secondary N) is 2. The van der Waals surface area contributed by atoms with E-state index in [1.807, 2.05) is 42.5 Å².